The Hall–Kier alpha value is -0.870. The summed E-state index contributed by atoms with van der Waals surface area (Å²) < 4.78 is 36.7. The van der Waals surface area contributed by atoms with Crippen LogP contribution in [0, 0.1) is 35.5 Å². The van der Waals surface area contributed by atoms with Crippen LogP contribution in [0.5, 0.6) is 0 Å². The van der Waals surface area contributed by atoms with E-state index in [2.05, 4.69) is 18.2 Å². The average molecular weight is 427 g/mol. The zero-order valence-corrected chi connectivity index (χ0v) is 18.7. The van der Waals surface area contributed by atoms with Gasteiger partial charge in [0, 0.05) is 0 Å². The molecule has 0 heterocycles. The Labute approximate surface area is 180 Å². The van der Waals surface area contributed by atoms with Gasteiger partial charge in [-0.15, -0.1) is 0 Å². The second-order valence-electron chi connectivity index (χ2n) is 12.6. The third-order valence-corrected chi connectivity index (χ3v) is 11.4. The summed E-state index contributed by atoms with van der Waals surface area (Å²) >= 11 is 0. The number of rotatable bonds is 3. The monoisotopic (exact) mass is 426 g/mol. The molecule has 1 aromatic carbocycles. The fourth-order valence-corrected chi connectivity index (χ4v) is 11.7. The topological polar surface area (TPSA) is 54.4 Å². The highest BCUT2D eigenvalue weighted by atomic mass is 32.2. The lowest BCUT2D eigenvalue weighted by molar-refractivity contribution is -0.0111. The number of benzene rings is 1. The van der Waals surface area contributed by atoms with Crippen LogP contribution in [0.3, 0.4) is 0 Å². The summed E-state index contributed by atoms with van der Waals surface area (Å²) in [5.74, 6) is 4.55. The van der Waals surface area contributed by atoms with Crippen molar-refractivity contribution >= 4 is 10.1 Å². The van der Waals surface area contributed by atoms with Gasteiger partial charge in [-0.25, -0.2) is 0 Å². The molecule has 8 aliphatic rings. The van der Waals surface area contributed by atoms with Gasteiger partial charge in [-0.1, -0.05) is 18.2 Å². The average Bonchev–Trinajstić information content (AvgIpc) is 2.65. The number of hydrogen-bond donors (Lipinski definition) is 1. The Kier molecular flexibility index (Phi) is 3.69. The number of hydrogen-bond acceptors (Lipinski definition) is 2. The largest absolute Gasteiger partial charge is 0.295 e. The Balaban J connectivity index is 1.42. The van der Waals surface area contributed by atoms with Gasteiger partial charge in [0.2, 0.25) is 0 Å². The Morgan fingerprint density at radius 1 is 0.633 bits per heavy atom. The third kappa shape index (κ3) is 2.56. The van der Waals surface area contributed by atoms with Crippen molar-refractivity contribution in [2.45, 2.75) is 92.8 Å². The summed E-state index contributed by atoms with van der Waals surface area (Å²) in [6.45, 7) is 0. The molecule has 9 rings (SSSR count). The summed E-state index contributed by atoms with van der Waals surface area (Å²) in [6, 6.07) is 6.30. The minimum atomic E-state index is -4.25. The van der Waals surface area contributed by atoms with Crippen LogP contribution in [0.25, 0.3) is 0 Å². The molecule has 30 heavy (non-hydrogen) atoms. The van der Waals surface area contributed by atoms with Crippen molar-refractivity contribution in [3.05, 3.63) is 29.3 Å². The van der Waals surface area contributed by atoms with Crippen molar-refractivity contribution in [2.24, 2.45) is 35.5 Å². The first-order valence-corrected chi connectivity index (χ1v) is 13.9. The molecule has 0 amide bonds. The van der Waals surface area contributed by atoms with Crippen LogP contribution in [-0.4, -0.2) is 13.0 Å². The van der Waals surface area contributed by atoms with E-state index < -0.39 is 10.1 Å². The molecule has 4 heteroatoms. The first-order valence-electron chi connectivity index (χ1n) is 12.4. The zero-order valence-electron chi connectivity index (χ0n) is 17.9. The lowest BCUT2D eigenvalue weighted by atomic mass is 9.46. The summed E-state index contributed by atoms with van der Waals surface area (Å²) in [7, 11) is -4.25. The molecule has 8 fully saturated rings. The lowest BCUT2D eigenvalue weighted by Gasteiger charge is -2.59. The van der Waals surface area contributed by atoms with Gasteiger partial charge in [0.15, 0.2) is 0 Å². The molecule has 1 aromatic rings. The van der Waals surface area contributed by atoms with Crippen molar-refractivity contribution in [2.75, 3.05) is 0 Å². The standard InChI is InChI=1S/C26H34O3S/c27-30(28,29)24-22(25-10-16-4-17(11-25)6-18(5-16)12-25)2-1-3-23(24)26-13-19-7-20(14-26)9-21(8-19)15-26/h1-3,16-21H,4-15H2,(H,27,28,29). The van der Waals surface area contributed by atoms with Gasteiger partial charge in [-0.3, -0.25) is 4.55 Å². The molecule has 0 aliphatic heterocycles. The first kappa shape index (κ1) is 18.7. The first-order chi connectivity index (χ1) is 14.3. The molecule has 162 valence electrons. The van der Waals surface area contributed by atoms with Crippen LogP contribution >= 0.6 is 0 Å². The van der Waals surface area contributed by atoms with Crippen LogP contribution in [-0.2, 0) is 20.9 Å². The van der Waals surface area contributed by atoms with E-state index in [0.717, 1.165) is 85.2 Å². The van der Waals surface area contributed by atoms with Gasteiger partial charge in [0.25, 0.3) is 10.1 Å². The fraction of sp³-hybridized carbons (Fsp3) is 0.769. The molecule has 0 atom stereocenters. The van der Waals surface area contributed by atoms with Crippen molar-refractivity contribution in [3.8, 4) is 0 Å². The molecular formula is C26H34O3S. The molecular weight excluding hydrogens is 392 g/mol. The van der Waals surface area contributed by atoms with E-state index in [1.807, 2.05) is 0 Å². The Morgan fingerprint density at radius 2 is 0.933 bits per heavy atom. The highest BCUT2D eigenvalue weighted by molar-refractivity contribution is 7.86. The zero-order chi connectivity index (χ0) is 20.3. The molecule has 0 radical (unpaired) electrons. The van der Waals surface area contributed by atoms with Crippen LogP contribution in [0.15, 0.2) is 23.1 Å². The van der Waals surface area contributed by atoms with Gasteiger partial charge in [-0.05, 0) is 135 Å². The fourth-order valence-electron chi connectivity index (χ4n) is 10.5. The molecule has 8 saturated carbocycles. The SMILES string of the molecule is O=S(=O)(O)c1c(C23CC4CC(CC(C4)C2)C3)cccc1C12CC3CC(CC(C3)C1)C2. The maximum atomic E-state index is 13.0. The summed E-state index contributed by atoms with van der Waals surface area (Å²) in [4.78, 5) is 0.355. The van der Waals surface area contributed by atoms with Crippen molar-refractivity contribution in [1.29, 1.82) is 0 Å². The van der Waals surface area contributed by atoms with Crippen molar-refractivity contribution in [1.82, 2.24) is 0 Å². The molecule has 0 aromatic heterocycles. The molecule has 0 unspecified atom stereocenters. The molecule has 1 N–H and O–H groups in total. The second kappa shape index (κ2) is 5.92. The van der Waals surface area contributed by atoms with Gasteiger partial charge >= 0.3 is 0 Å². The van der Waals surface area contributed by atoms with Crippen LogP contribution in [0.4, 0.5) is 0 Å². The van der Waals surface area contributed by atoms with E-state index in [4.69, 9.17) is 0 Å². The second-order valence-corrected chi connectivity index (χ2v) is 13.9. The predicted octanol–water partition coefficient (Wildman–Crippen LogP) is 5.87. The van der Waals surface area contributed by atoms with E-state index in [1.54, 1.807) is 0 Å². The summed E-state index contributed by atoms with van der Waals surface area (Å²) in [6.07, 6.45) is 14.8. The maximum Gasteiger partial charge on any atom is 0.295 e. The highest BCUT2D eigenvalue weighted by Crippen LogP contribution is 2.64. The molecule has 3 nitrogen and oxygen atoms in total. The summed E-state index contributed by atoms with van der Waals surface area (Å²) in [5.41, 5.74) is 1.96. The van der Waals surface area contributed by atoms with E-state index in [1.165, 1.54) is 38.5 Å². The minimum Gasteiger partial charge on any atom is -0.282 e. The van der Waals surface area contributed by atoms with Gasteiger partial charge in [0.05, 0.1) is 0 Å². The molecule has 0 saturated heterocycles. The quantitative estimate of drug-likeness (QED) is 0.615. The minimum absolute atomic E-state index is 0.0157. The van der Waals surface area contributed by atoms with E-state index in [0.29, 0.717) is 4.90 Å². The van der Waals surface area contributed by atoms with Gasteiger partial charge in [-0.2, -0.15) is 8.42 Å². The van der Waals surface area contributed by atoms with Crippen LogP contribution in [0.2, 0.25) is 0 Å². The highest BCUT2D eigenvalue weighted by Gasteiger charge is 2.56. The maximum absolute atomic E-state index is 13.0. The molecule has 8 bridgehead atoms. The summed E-state index contributed by atoms with van der Waals surface area (Å²) in [5, 5.41) is 0. The van der Waals surface area contributed by atoms with Gasteiger partial charge in [0.1, 0.15) is 4.90 Å². The van der Waals surface area contributed by atoms with E-state index >= 15 is 0 Å². The van der Waals surface area contributed by atoms with Crippen LogP contribution in [0.1, 0.15) is 88.2 Å². The van der Waals surface area contributed by atoms with Crippen molar-refractivity contribution < 1.29 is 13.0 Å². The third-order valence-electron chi connectivity index (χ3n) is 10.5. The van der Waals surface area contributed by atoms with E-state index in [9.17, 15) is 13.0 Å². The molecule has 0 spiro atoms. The normalized spacial score (nSPS) is 48.4. The Bertz CT molecular complexity index is 874. The van der Waals surface area contributed by atoms with Gasteiger partial charge < -0.3 is 0 Å². The predicted molar refractivity (Wildman–Crippen MR) is 116 cm³/mol. The smallest absolute Gasteiger partial charge is 0.282 e. The van der Waals surface area contributed by atoms with Crippen molar-refractivity contribution in [3.63, 3.8) is 0 Å². The Morgan fingerprint density at radius 3 is 1.20 bits per heavy atom. The van der Waals surface area contributed by atoms with Crippen LogP contribution < -0.4 is 0 Å². The lowest BCUT2D eigenvalue weighted by Crippen LogP contribution is -2.51. The molecule has 8 aliphatic carbocycles. The van der Waals surface area contributed by atoms with E-state index in [-0.39, 0.29) is 10.8 Å².